The van der Waals surface area contributed by atoms with E-state index >= 15 is 0 Å². The van der Waals surface area contributed by atoms with Gasteiger partial charge in [-0.2, -0.15) is 5.26 Å². The number of nitriles is 1. The van der Waals surface area contributed by atoms with E-state index in [9.17, 15) is 18.8 Å². The molecule has 2 aromatic rings. The van der Waals surface area contributed by atoms with E-state index in [0.717, 1.165) is 29.1 Å². The standard InChI is InChI=1S/C22H19F2N3O/c1-22(2)16-6-4-5-7-19(16)27(3)20(22)11-8-14(13-25)21(28)26-18-10-9-15(23)12-17(18)24/h4-12H,1-3H3,(H,26,28)/b14-8+,20-11-. The number of fused-ring (bicyclic) bond motifs is 1. The van der Waals surface area contributed by atoms with Gasteiger partial charge in [-0.3, -0.25) is 4.79 Å². The van der Waals surface area contributed by atoms with Crippen LogP contribution in [0.2, 0.25) is 0 Å². The number of anilines is 2. The predicted molar refractivity (Wildman–Crippen MR) is 105 cm³/mol. The number of likely N-dealkylation sites (N-methyl/N-ethyl adjacent to an activating group) is 1. The van der Waals surface area contributed by atoms with Crippen molar-refractivity contribution >= 4 is 17.3 Å². The van der Waals surface area contributed by atoms with Gasteiger partial charge < -0.3 is 10.2 Å². The lowest BCUT2D eigenvalue weighted by atomic mass is 9.83. The molecule has 1 heterocycles. The molecule has 0 saturated heterocycles. The summed E-state index contributed by atoms with van der Waals surface area (Å²) in [5, 5.41) is 11.7. The molecular weight excluding hydrogens is 360 g/mol. The summed E-state index contributed by atoms with van der Waals surface area (Å²) in [6.45, 7) is 4.13. The second-order valence-electron chi connectivity index (χ2n) is 7.02. The third kappa shape index (κ3) is 3.39. The topological polar surface area (TPSA) is 56.1 Å². The van der Waals surface area contributed by atoms with Crippen LogP contribution < -0.4 is 10.2 Å². The number of nitrogens with one attached hydrogen (secondary N) is 1. The SMILES string of the molecule is CN1/C(=C\C=C(/C#N)C(=O)Nc2ccc(F)cc2F)C(C)(C)c2ccccc21. The van der Waals surface area contributed by atoms with Crippen molar-refractivity contribution in [2.45, 2.75) is 19.3 Å². The predicted octanol–water partition coefficient (Wildman–Crippen LogP) is 4.66. The zero-order valence-electron chi connectivity index (χ0n) is 15.8. The van der Waals surface area contributed by atoms with E-state index in [4.69, 9.17) is 0 Å². The monoisotopic (exact) mass is 379 g/mol. The molecule has 28 heavy (non-hydrogen) atoms. The van der Waals surface area contributed by atoms with Gasteiger partial charge in [-0.05, 0) is 35.9 Å². The Morgan fingerprint density at radius 2 is 1.93 bits per heavy atom. The van der Waals surface area contributed by atoms with Crippen LogP contribution in [-0.2, 0) is 10.2 Å². The first kappa shape index (κ1) is 19.3. The maximum Gasteiger partial charge on any atom is 0.266 e. The quantitative estimate of drug-likeness (QED) is 0.623. The van der Waals surface area contributed by atoms with E-state index in [-0.39, 0.29) is 16.7 Å². The van der Waals surface area contributed by atoms with Crippen LogP contribution in [0.15, 0.2) is 65.9 Å². The fraction of sp³-hybridized carbons (Fsp3) is 0.182. The summed E-state index contributed by atoms with van der Waals surface area (Å²) in [6, 6.07) is 12.6. The highest BCUT2D eigenvalue weighted by atomic mass is 19.1. The number of amides is 1. The zero-order valence-corrected chi connectivity index (χ0v) is 15.8. The number of nitrogens with zero attached hydrogens (tertiary/aromatic N) is 2. The van der Waals surface area contributed by atoms with Crippen molar-refractivity contribution < 1.29 is 13.6 Å². The molecule has 0 bridgehead atoms. The summed E-state index contributed by atoms with van der Waals surface area (Å²) in [7, 11) is 1.92. The maximum atomic E-state index is 13.7. The summed E-state index contributed by atoms with van der Waals surface area (Å²) in [5.74, 6) is -2.42. The molecule has 0 aliphatic carbocycles. The number of rotatable bonds is 3. The van der Waals surface area contributed by atoms with Gasteiger partial charge in [0.25, 0.3) is 5.91 Å². The van der Waals surface area contributed by atoms with Crippen molar-refractivity contribution in [1.29, 1.82) is 5.26 Å². The highest BCUT2D eigenvalue weighted by molar-refractivity contribution is 6.06. The van der Waals surface area contributed by atoms with Gasteiger partial charge in [0.1, 0.15) is 23.3 Å². The van der Waals surface area contributed by atoms with Gasteiger partial charge in [0.2, 0.25) is 0 Å². The molecule has 0 spiro atoms. The molecule has 0 unspecified atom stereocenters. The molecule has 0 fully saturated rings. The lowest BCUT2D eigenvalue weighted by Crippen LogP contribution is -2.22. The molecule has 0 aromatic heterocycles. The van der Waals surface area contributed by atoms with Gasteiger partial charge in [-0.1, -0.05) is 32.0 Å². The number of halogens is 2. The first-order valence-corrected chi connectivity index (χ1v) is 8.68. The molecule has 0 atom stereocenters. The summed E-state index contributed by atoms with van der Waals surface area (Å²) in [4.78, 5) is 14.4. The number of hydrogen-bond acceptors (Lipinski definition) is 3. The Morgan fingerprint density at radius 1 is 1.21 bits per heavy atom. The van der Waals surface area contributed by atoms with E-state index in [0.29, 0.717) is 6.07 Å². The van der Waals surface area contributed by atoms with Gasteiger partial charge in [-0.15, -0.1) is 0 Å². The van der Waals surface area contributed by atoms with Crippen LogP contribution in [0.1, 0.15) is 19.4 Å². The first-order chi connectivity index (χ1) is 13.3. The smallest absolute Gasteiger partial charge is 0.266 e. The molecule has 3 rings (SSSR count). The van der Waals surface area contributed by atoms with Crippen molar-refractivity contribution in [1.82, 2.24) is 0 Å². The Labute approximate surface area is 162 Å². The van der Waals surface area contributed by atoms with Gasteiger partial charge in [-0.25, -0.2) is 8.78 Å². The van der Waals surface area contributed by atoms with Crippen molar-refractivity contribution in [3.63, 3.8) is 0 Å². The summed E-state index contributed by atoms with van der Waals surface area (Å²) < 4.78 is 26.7. The van der Waals surface area contributed by atoms with Crippen molar-refractivity contribution in [3.8, 4) is 6.07 Å². The normalized spacial score (nSPS) is 16.6. The van der Waals surface area contributed by atoms with Crippen molar-refractivity contribution in [3.05, 3.63) is 83.1 Å². The number of benzene rings is 2. The number of para-hydroxylation sites is 1. The Bertz CT molecular complexity index is 1050. The van der Waals surface area contributed by atoms with Crippen molar-refractivity contribution in [2.75, 3.05) is 17.3 Å². The fourth-order valence-corrected chi connectivity index (χ4v) is 3.41. The molecule has 1 aliphatic heterocycles. The molecule has 4 nitrogen and oxygen atoms in total. The van der Waals surface area contributed by atoms with Crippen LogP contribution in [-0.4, -0.2) is 13.0 Å². The van der Waals surface area contributed by atoms with E-state index < -0.39 is 17.5 Å². The Kier molecular flexibility index (Phi) is 5.02. The third-order valence-electron chi connectivity index (χ3n) is 4.89. The largest absolute Gasteiger partial charge is 0.347 e. The number of carbonyl (C=O) groups excluding carboxylic acids is 1. The van der Waals surface area contributed by atoms with Crippen LogP contribution in [0.4, 0.5) is 20.2 Å². The highest BCUT2D eigenvalue weighted by Crippen LogP contribution is 2.46. The van der Waals surface area contributed by atoms with Gasteiger partial charge in [0, 0.05) is 29.9 Å². The fourth-order valence-electron chi connectivity index (χ4n) is 3.41. The lowest BCUT2D eigenvalue weighted by Gasteiger charge is -2.23. The first-order valence-electron chi connectivity index (χ1n) is 8.68. The van der Waals surface area contributed by atoms with Crippen LogP contribution in [0.5, 0.6) is 0 Å². The van der Waals surface area contributed by atoms with E-state index in [2.05, 4.69) is 19.2 Å². The molecule has 142 valence electrons. The average Bonchev–Trinajstić information content (AvgIpc) is 2.85. The maximum absolute atomic E-state index is 13.7. The molecule has 0 radical (unpaired) electrons. The van der Waals surface area contributed by atoms with Crippen LogP contribution >= 0.6 is 0 Å². The second-order valence-corrected chi connectivity index (χ2v) is 7.02. The average molecular weight is 379 g/mol. The zero-order chi connectivity index (χ0) is 20.5. The summed E-state index contributed by atoms with van der Waals surface area (Å²) >= 11 is 0. The minimum Gasteiger partial charge on any atom is -0.347 e. The Balaban J connectivity index is 1.89. The summed E-state index contributed by atoms with van der Waals surface area (Å²) in [6.07, 6.45) is 3.13. The lowest BCUT2D eigenvalue weighted by molar-refractivity contribution is -0.112. The van der Waals surface area contributed by atoms with Gasteiger partial charge in [0.05, 0.1) is 5.69 Å². The molecule has 1 N–H and O–H groups in total. The van der Waals surface area contributed by atoms with Gasteiger partial charge in [0.15, 0.2) is 0 Å². The minimum absolute atomic E-state index is 0.184. The van der Waals surface area contributed by atoms with Gasteiger partial charge >= 0.3 is 0 Å². The van der Waals surface area contributed by atoms with E-state index in [1.54, 1.807) is 6.08 Å². The summed E-state index contributed by atoms with van der Waals surface area (Å²) in [5.41, 5.74) is 2.45. The van der Waals surface area contributed by atoms with Crippen LogP contribution in [0, 0.1) is 23.0 Å². The van der Waals surface area contributed by atoms with Crippen LogP contribution in [0.25, 0.3) is 0 Å². The van der Waals surface area contributed by atoms with E-state index in [1.165, 1.54) is 6.08 Å². The molecule has 1 amide bonds. The highest BCUT2D eigenvalue weighted by Gasteiger charge is 2.37. The number of allylic oxidation sites excluding steroid dienone is 3. The molecular formula is C22H19F2N3O. The Hall–Kier alpha value is -3.46. The molecule has 0 saturated carbocycles. The molecule has 2 aromatic carbocycles. The number of carbonyl (C=O) groups is 1. The van der Waals surface area contributed by atoms with Crippen LogP contribution in [0.3, 0.4) is 0 Å². The van der Waals surface area contributed by atoms with Crippen molar-refractivity contribution in [2.24, 2.45) is 0 Å². The second kappa shape index (κ2) is 7.28. The number of hydrogen-bond donors (Lipinski definition) is 1. The Morgan fingerprint density at radius 3 is 2.57 bits per heavy atom. The molecule has 6 heteroatoms. The molecule has 1 aliphatic rings. The van der Waals surface area contributed by atoms with E-state index in [1.807, 2.05) is 42.3 Å². The third-order valence-corrected chi connectivity index (χ3v) is 4.89. The minimum atomic E-state index is -0.906.